The van der Waals surface area contributed by atoms with Gasteiger partial charge in [0.1, 0.15) is 6.54 Å². The summed E-state index contributed by atoms with van der Waals surface area (Å²) in [7, 11) is 0. The minimum absolute atomic E-state index is 0.00535. The van der Waals surface area contributed by atoms with E-state index in [9.17, 15) is 18.0 Å². The molecule has 0 bridgehead atoms. The van der Waals surface area contributed by atoms with Crippen molar-refractivity contribution >= 4 is 23.1 Å². The summed E-state index contributed by atoms with van der Waals surface area (Å²) in [6.07, 6.45) is -3.01. The van der Waals surface area contributed by atoms with Crippen LogP contribution in [-0.2, 0) is 4.79 Å². The summed E-state index contributed by atoms with van der Waals surface area (Å²) in [6, 6.07) is 0. The van der Waals surface area contributed by atoms with E-state index < -0.39 is 24.0 Å². The Morgan fingerprint density at radius 1 is 1.47 bits per heavy atom. The van der Waals surface area contributed by atoms with Gasteiger partial charge in [0.25, 0.3) is 0 Å². The van der Waals surface area contributed by atoms with Crippen molar-refractivity contribution in [3.8, 4) is 0 Å². The highest BCUT2D eigenvalue weighted by Crippen LogP contribution is 2.47. The first-order chi connectivity index (χ1) is 7.73. The predicted octanol–water partition coefficient (Wildman–Crippen LogP) is 1.85. The third-order valence-electron chi connectivity index (χ3n) is 2.78. The number of halogens is 3. The maximum Gasteiger partial charge on any atom is 0.406 e. The maximum atomic E-state index is 12.3. The van der Waals surface area contributed by atoms with Crippen molar-refractivity contribution in [1.82, 2.24) is 4.90 Å². The zero-order chi connectivity index (χ0) is 13.3. The van der Waals surface area contributed by atoms with Crippen molar-refractivity contribution in [3.63, 3.8) is 0 Å². The van der Waals surface area contributed by atoms with Gasteiger partial charge in [0.15, 0.2) is 0 Å². The number of carbonyl (C=O) groups is 1. The zero-order valence-electron chi connectivity index (χ0n) is 9.51. The molecular weight excluding hydrogens is 253 g/mol. The summed E-state index contributed by atoms with van der Waals surface area (Å²) in [4.78, 5) is 12.8. The molecule has 17 heavy (non-hydrogen) atoms. The number of nitrogens with two attached hydrogens (primary N) is 1. The Morgan fingerprint density at radius 2 is 2.00 bits per heavy atom. The molecule has 1 amide bonds. The van der Waals surface area contributed by atoms with E-state index in [0.29, 0.717) is 19.3 Å². The molecule has 1 aliphatic rings. The molecule has 0 aromatic rings. The van der Waals surface area contributed by atoms with Gasteiger partial charge in [-0.1, -0.05) is 19.1 Å². The maximum absolute atomic E-state index is 12.3. The molecule has 0 saturated heterocycles. The Bertz CT molecular complexity index is 326. The van der Waals surface area contributed by atoms with E-state index in [1.807, 2.05) is 0 Å². The Morgan fingerprint density at radius 3 is 2.29 bits per heavy atom. The predicted molar refractivity (Wildman–Crippen MR) is 61.4 cm³/mol. The molecule has 7 heteroatoms. The van der Waals surface area contributed by atoms with Gasteiger partial charge in [-0.3, -0.25) is 4.79 Å². The third-order valence-corrected chi connectivity index (χ3v) is 3.17. The number of rotatable bonds is 5. The Balaban J connectivity index is 2.78. The average Bonchev–Trinajstić information content (AvgIpc) is 2.94. The van der Waals surface area contributed by atoms with Crippen LogP contribution in [0.25, 0.3) is 0 Å². The number of carbonyl (C=O) groups excluding carboxylic acids is 1. The van der Waals surface area contributed by atoms with Gasteiger partial charge in [0, 0.05) is 6.54 Å². The summed E-state index contributed by atoms with van der Waals surface area (Å²) in [5, 5.41) is 0. The number of thiocarbonyl (C=S) groups is 1. The van der Waals surface area contributed by atoms with Gasteiger partial charge in [-0.15, -0.1) is 0 Å². The molecule has 0 atom stereocenters. The van der Waals surface area contributed by atoms with E-state index in [4.69, 9.17) is 18.0 Å². The Hall–Kier alpha value is -0.850. The van der Waals surface area contributed by atoms with Crippen LogP contribution in [0.4, 0.5) is 13.2 Å². The molecule has 98 valence electrons. The molecule has 0 heterocycles. The Labute approximate surface area is 103 Å². The highest BCUT2D eigenvalue weighted by atomic mass is 32.1. The molecule has 2 N–H and O–H groups in total. The molecular formula is C10H15F3N2OS. The second-order valence-corrected chi connectivity index (χ2v) is 4.73. The fourth-order valence-electron chi connectivity index (χ4n) is 1.73. The normalized spacial score (nSPS) is 17.6. The second-order valence-electron chi connectivity index (χ2n) is 4.29. The quantitative estimate of drug-likeness (QED) is 0.774. The van der Waals surface area contributed by atoms with E-state index in [-0.39, 0.29) is 11.5 Å². The van der Waals surface area contributed by atoms with Crippen molar-refractivity contribution in [1.29, 1.82) is 0 Å². The van der Waals surface area contributed by atoms with Crippen molar-refractivity contribution in [3.05, 3.63) is 0 Å². The highest BCUT2D eigenvalue weighted by Gasteiger charge is 2.55. The number of amides is 1. The van der Waals surface area contributed by atoms with E-state index in [2.05, 4.69) is 0 Å². The lowest BCUT2D eigenvalue weighted by Gasteiger charge is -2.27. The van der Waals surface area contributed by atoms with Crippen LogP contribution in [-0.4, -0.2) is 35.1 Å². The van der Waals surface area contributed by atoms with Gasteiger partial charge in [0.05, 0.1) is 10.4 Å². The van der Waals surface area contributed by atoms with Crippen LogP contribution in [0.1, 0.15) is 26.2 Å². The second kappa shape index (κ2) is 4.80. The molecule has 3 nitrogen and oxygen atoms in total. The van der Waals surface area contributed by atoms with Crippen LogP contribution in [0.3, 0.4) is 0 Å². The van der Waals surface area contributed by atoms with Gasteiger partial charge in [-0.2, -0.15) is 13.2 Å². The van der Waals surface area contributed by atoms with Crippen molar-refractivity contribution < 1.29 is 18.0 Å². The molecule has 0 aromatic carbocycles. The van der Waals surface area contributed by atoms with Gasteiger partial charge in [-0.25, -0.2) is 0 Å². The van der Waals surface area contributed by atoms with Crippen LogP contribution < -0.4 is 5.73 Å². The van der Waals surface area contributed by atoms with Crippen LogP contribution in [0, 0.1) is 5.41 Å². The number of hydrogen-bond acceptors (Lipinski definition) is 2. The van der Waals surface area contributed by atoms with Crippen LogP contribution >= 0.6 is 12.2 Å². The summed E-state index contributed by atoms with van der Waals surface area (Å²) >= 11 is 4.76. The van der Waals surface area contributed by atoms with E-state index >= 15 is 0 Å². The van der Waals surface area contributed by atoms with E-state index in [0.717, 1.165) is 4.90 Å². The topological polar surface area (TPSA) is 46.3 Å². The SMILES string of the molecule is CCCN(CC(F)(F)F)C(=O)C1(C(N)=S)CC1. The lowest BCUT2D eigenvalue weighted by Crippen LogP contribution is -2.46. The van der Waals surface area contributed by atoms with Crippen molar-refractivity contribution in [2.75, 3.05) is 13.1 Å². The molecule has 1 rings (SSSR count). The third kappa shape index (κ3) is 3.31. The summed E-state index contributed by atoms with van der Waals surface area (Å²) < 4.78 is 37.0. The van der Waals surface area contributed by atoms with Crippen LogP contribution in [0.5, 0.6) is 0 Å². The molecule has 0 aliphatic heterocycles. The highest BCUT2D eigenvalue weighted by molar-refractivity contribution is 7.80. The van der Waals surface area contributed by atoms with E-state index in [1.165, 1.54) is 0 Å². The largest absolute Gasteiger partial charge is 0.406 e. The lowest BCUT2D eigenvalue weighted by molar-refractivity contribution is -0.163. The summed E-state index contributed by atoms with van der Waals surface area (Å²) in [6.45, 7) is 0.559. The molecule has 0 spiro atoms. The summed E-state index contributed by atoms with van der Waals surface area (Å²) in [5.41, 5.74) is 4.43. The molecule has 1 saturated carbocycles. The zero-order valence-corrected chi connectivity index (χ0v) is 10.3. The van der Waals surface area contributed by atoms with Gasteiger partial charge < -0.3 is 10.6 Å². The molecule has 0 radical (unpaired) electrons. The van der Waals surface area contributed by atoms with Gasteiger partial charge >= 0.3 is 6.18 Å². The first kappa shape index (κ1) is 14.2. The minimum Gasteiger partial charge on any atom is -0.392 e. The molecule has 1 aliphatic carbocycles. The number of hydrogen-bond donors (Lipinski definition) is 1. The number of nitrogens with zero attached hydrogens (tertiary/aromatic N) is 1. The van der Waals surface area contributed by atoms with Gasteiger partial charge in [0.2, 0.25) is 5.91 Å². The fraction of sp³-hybridized carbons (Fsp3) is 0.800. The van der Waals surface area contributed by atoms with Crippen molar-refractivity contribution in [2.24, 2.45) is 11.1 Å². The molecule has 0 aromatic heterocycles. The first-order valence-electron chi connectivity index (χ1n) is 5.39. The van der Waals surface area contributed by atoms with Crippen molar-refractivity contribution in [2.45, 2.75) is 32.4 Å². The number of alkyl halides is 3. The lowest BCUT2D eigenvalue weighted by atomic mass is 10.1. The smallest absolute Gasteiger partial charge is 0.392 e. The van der Waals surface area contributed by atoms with E-state index in [1.54, 1.807) is 6.92 Å². The first-order valence-corrected chi connectivity index (χ1v) is 5.80. The Kier molecular flexibility index (Phi) is 4.01. The standard InChI is InChI=1S/C10H15F3N2OS/c1-2-5-15(6-10(11,12)13)8(16)9(3-4-9)7(14)17/h2-6H2,1H3,(H2,14,17). The summed E-state index contributed by atoms with van der Waals surface area (Å²) in [5.74, 6) is -0.579. The molecule has 1 fully saturated rings. The average molecular weight is 268 g/mol. The van der Waals surface area contributed by atoms with Crippen LogP contribution in [0.15, 0.2) is 0 Å². The fourth-order valence-corrected chi connectivity index (χ4v) is 2.02. The van der Waals surface area contributed by atoms with Crippen LogP contribution in [0.2, 0.25) is 0 Å². The molecule has 0 unspecified atom stereocenters. The monoisotopic (exact) mass is 268 g/mol. The van der Waals surface area contributed by atoms with Gasteiger partial charge in [-0.05, 0) is 19.3 Å². The minimum atomic E-state index is -4.39.